The molecule has 0 atom stereocenters. The minimum absolute atomic E-state index is 0.00901. The molecule has 6 N–H and O–H groups in total. The first-order chi connectivity index (χ1) is 25.7. The van der Waals surface area contributed by atoms with E-state index in [4.69, 9.17) is 27.1 Å². The quantitative estimate of drug-likeness (QED) is 0.0979. The van der Waals surface area contributed by atoms with Crippen molar-refractivity contribution in [1.29, 1.82) is 0 Å². The Morgan fingerprint density at radius 3 is 2.45 bits per heavy atom. The molecule has 0 radical (unpaired) electrons. The summed E-state index contributed by atoms with van der Waals surface area (Å²) in [5.41, 5.74) is 14.0. The number of benzene rings is 4. The molecule has 0 saturated carbocycles. The van der Waals surface area contributed by atoms with Crippen molar-refractivity contribution in [2.75, 3.05) is 5.73 Å². The number of phenolic OH excluding ortho intramolecular Hbond substituents is 1. The number of halogens is 1. The molecule has 0 spiro atoms. The maximum atomic E-state index is 13.4. The van der Waals surface area contributed by atoms with Gasteiger partial charge in [0.05, 0.1) is 22.0 Å². The summed E-state index contributed by atoms with van der Waals surface area (Å²) in [4.78, 5) is 38.4. The zero-order valence-electron chi connectivity index (χ0n) is 27.9. The van der Waals surface area contributed by atoms with Crippen LogP contribution in [0.1, 0.15) is 43.8 Å². The largest absolute Gasteiger partial charge is 0.506 e. The number of aromatic amines is 1. The monoisotopic (exact) mass is 719 g/mol. The number of H-pyrrole nitrogens is 1. The minimum atomic E-state index is -1.16. The third kappa shape index (κ3) is 6.43. The number of allylic oxidation sites excluding steroid dienone is 3. The number of nitrogens with two attached hydrogens (primary N) is 1. The summed E-state index contributed by atoms with van der Waals surface area (Å²) >= 11 is 6.07. The number of carboxylic acid groups (broad SMARTS) is 1. The zero-order chi connectivity index (χ0) is 36.6. The van der Waals surface area contributed by atoms with E-state index in [0.29, 0.717) is 57.4 Å². The Bertz CT molecular complexity index is 2540. The number of hydrogen-bond donors (Lipinski definition) is 5. The van der Waals surface area contributed by atoms with Crippen molar-refractivity contribution in [1.82, 2.24) is 20.3 Å². The lowest BCUT2D eigenvalue weighted by molar-refractivity contribution is 0.0696. The maximum Gasteiger partial charge on any atom is 0.336 e. The number of imidazole rings is 1. The second-order valence-corrected chi connectivity index (χ2v) is 12.9. The normalized spacial score (nSPS) is 13.1. The van der Waals surface area contributed by atoms with Crippen LogP contribution in [0.5, 0.6) is 11.5 Å². The average Bonchev–Trinajstić information content (AvgIpc) is 3.63. The van der Waals surface area contributed by atoms with Gasteiger partial charge in [-0.25, -0.2) is 9.78 Å². The van der Waals surface area contributed by atoms with Crippen molar-refractivity contribution in [3.05, 3.63) is 166 Å². The van der Waals surface area contributed by atoms with Gasteiger partial charge in [-0.3, -0.25) is 9.78 Å². The molecule has 53 heavy (non-hydrogen) atoms. The molecule has 11 heteroatoms. The van der Waals surface area contributed by atoms with Gasteiger partial charge in [-0.05, 0) is 72.2 Å². The second kappa shape index (κ2) is 13.7. The van der Waals surface area contributed by atoms with Gasteiger partial charge in [-0.15, -0.1) is 0 Å². The molecule has 0 fully saturated rings. The van der Waals surface area contributed by atoms with Gasteiger partial charge in [0, 0.05) is 69.7 Å². The van der Waals surface area contributed by atoms with Crippen LogP contribution < -0.4 is 15.8 Å². The lowest BCUT2D eigenvalue weighted by Gasteiger charge is -2.27. The number of aromatic hydroxyl groups is 1. The summed E-state index contributed by atoms with van der Waals surface area (Å²) in [7, 11) is 0. The summed E-state index contributed by atoms with van der Waals surface area (Å²) in [6.45, 7) is 0.208. The first kappa shape index (κ1) is 33.2. The maximum absolute atomic E-state index is 13.4. The first-order valence-corrected chi connectivity index (χ1v) is 17.0. The third-order valence-electron chi connectivity index (χ3n) is 9.11. The van der Waals surface area contributed by atoms with Crippen LogP contribution in [0, 0.1) is 0 Å². The highest BCUT2D eigenvalue weighted by atomic mass is 35.5. The molecule has 10 nitrogen and oxygen atoms in total. The van der Waals surface area contributed by atoms with Crippen LogP contribution in [0.3, 0.4) is 0 Å². The van der Waals surface area contributed by atoms with Gasteiger partial charge < -0.3 is 31.0 Å². The van der Waals surface area contributed by atoms with Gasteiger partial charge in [0.1, 0.15) is 23.1 Å². The summed E-state index contributed by atoms with van der Waals surface area (Å²) in [6, 6.07) is 26.3. The number of nitrogens with one attached hydrogen (secondary N) is 2. The van der Waals surface area contributed by atoms with E-state index in [0.717, 1.165) is 28.0 Å². The number of phenols is 1. The smallest absolute Gasteiger partial charge is 0.336 e. The van der Waals surface area contributed by atoms with Crippen LogP contribution in [0.25, 0.3) is 39.5 Å². The van der Waals surface area contributed by atoms with Crippen molar-refractivity contribution in [3.63, 3.8) is 0 Å². The fourth-order valence-corrected chi connectivity index (χ4v) is 6.61. The molecule has 1 aliphatic carbocycles. The molecule has 260 valence electrons. The fraction of sp³-hybridized carbons (Fsp3) is 0.0476. The third-order valence-corrected chi connectivity index (χ3v) is 9.43. The number of aromatic nitrogens is 3. The van der Waals surface area contributed by atoms with Gasteiger partial charge in [-0.2, -0.15) is 0 Å². The van der Waals surface area contributed by atoms with Crippen LogP contribution in [0.15, 0.2) is 133 Å². The Hall–Kier alpha value is -6.91. The van der Waals surface area contributed by atoms with E-state index >= 15 is 0 Å². The number of fused-ring (bicyclic) bond motifs is 2. The molecule has 0 unspecified atom stereocenters. The van der Waals surface area contributed by atoms with Crippen LogP contribution >= 0.6 is 11.6 Å². The Labute approximate surface area is 308 Å². The topological polar surface area (TPSA) is 163 Å². The van der Waals surface area contributed by atoms with E-state index in [1.807, 2.05) is 60.7 Å². The van der Waals surface area contributed by atoms with E-state index in [2.05, 4.69) is 15.3 Å². The van der Waals surface area contributed by atoms with Crippen LogP contribution in [0.4, 0.5) is 5.69 Å². The Balaban J connectivity index is 1.03. The van der Waals surface area contributed by atoms with Crippen LogP contribution in [-0.4, -0.2) is 37.0 Å². The number of carbonyl (C=O) groups excluding carboxylic acids is 1. The molecule has 2 aliphatic rings. The van der Waals surface area contributed by atoms with Crippen LogP contribution in [0.2, 0.25) is 5.02 Å². The lowest BCUT2D eigenvalue weighted by Crippen LogP contribution is -2.23. The highest BCUT2D eigenvalue weighted by Gasteiger charge is 2.29. The van der Waals surface area contributed by atoms with E-state index in [1.165, 1.54) is 6.07 Å². The second-order valence-electron chi connectivity index (χ2n) is 12.5. The highest BCUT2D eigenvalue weighted by molar-refractivity contribution is 6.32. The molecule has 0 saturated heterocycles. The number of carbonyl (C=O) groups is 2. The molecule has 2 aromatic heterocycles. The summed E-state index contributed by atoms with van der Waals surface area (Å²) in [5, 5.41) is 23.8. The van der Waals surface area contributed by atoms with E-state index in [9.17, 15) is 19.8 Å². The van der Waals surface area contributed by atoms with E-state index in [1.54, 1.807) is 54.9 Å². The summed E-state index contributed by atoms with van der Waals surface area (Å²) in [6.07, 6.45) is 9.93. The molecule has 4 aromatic carbocycles. The van der Waals surface area contributed by atoms with Gasteiger partial charge in [-0.1, -0.05) is 60.2 Å². The molecular weight excluding hydrogens is 690 g/mol. The number of nitrogens with zero attached hydrogens (tertiary/aromatic N) is 2. The molecule has 3 heterocycles. The molecule has 0 bridgehead atoms. The summed E-state index contributed by atoms with van der Waals surface area (Å²) in [5.74, 6) is 0.163. The van der Waals surface area contributed by atoms with Gasteiger partial charge in [0.2, 0.25) is 0 Å². The molecule has 6 aromatic rings. The number of pyridine rings is 1. The average molecular weight is 720 g/mol. The van der Waals surface area contributed by atoms with Crippen LogP contribution in [-0.2, 0) is 6.54 Å². The number of anilines is 1. The molecule has 1 aliphatic heterocycles. The van der Waals surface area contributed by atoms with Crippen molar-refractivity contribution >= 4 is 34.7 Å². The minimum Gasteiger partial charge on any atom is -0.506 e. The number of rotatable bonds is 8. The first-order valence-electron chi connectivity index (χ1n) is 16.7. The van der Waals surface area contributed by atoms with E-state index < -0.39 is 11.9 Å². The van der Waals surface area contributed by atoms with Crippen molar-refractivity contribution < 1.29 is 24.5 Å². The van der Waals surface area contributed by atoms with Gasteiger partial charge in [0.15, 0.2) is 0 Å². The zero-order valence-corrected chi connectivity index (χ0v) is 28.7. The SMILES string of the molecule is Nc1ccc2c(c1)OC1=CCC=CC1=C2c1ccc(C(=O)NCc2ccc(-c3nc(-c4ccc(Cl)c(O)c4)c(-c4ccncc4)[nH]3)cc2)cc1C(=O)O. The number of hydrogen-bond acceptors (Lipinski definition) is 7. The number of aromatic carboxylic acids is 1. The van der Waals surface area contributed by atoms with Gasteiger partial charge >= 0.3 is 5.97 Å². The number of ether oxygens (including phenoxy) is 1. The van der Waals surface area contributed by atoms with Crippen molar-refractivity contribution in [2.45, 2.75) is 13.0 Å². The van der Waals surface area contributed by atoms with Crippen molar-refractivity contribution in [2.24, 2.45) is 0 Å². The number of nitrogen functional groups attached to an aromatic ring is 1. The standard InChI is InChI=1S/C42H30ClN5O5/c43-33-14-10-26(20-34(33)49)39-38(24-15-17-45-18-16-24)47-40(48-39)25-7-5-23(6-8-25)22-46-41(50)27-9-12-29(32(19-27)42(51)52)37-30-3-1-2-4-35(30)53-36-21-28(44)11-13-31(36)37/h1,3-21,49H,2,22,44H2,(H,46,50)(H,47,48)(H,51,52). The molecule has 1 amide bonds. The molecule has 8 rings (SSSR count). The Morgan fingerprint density at radius 1 is 0.906 bits per heavy atom. The summed E-state index contributed by atoms with van der Waals surface area (Å²) < 4.78 is 6.13. The Kier molecular flexibility index (Phi) is 8.57. The Morgan fingerprint density at radius 2 is 1.68 bits per heavy atom. The number of amides is 1. The predicted molar refractivity (Wildman–Crippen MR) is 203 cm³/mol. The predicted octanol–water partition coefficient (Wildman–Crippen LogP) is 8.41. The van der Waals surface area contributed by atoms with E-state index in [-0.39, 0.29) is 28.4 Å². The fourth-order valence-electron chi connectivity index (χ4n) is 6.49. The lowest BCUT2D eigenvalue weighted by atomic mass is 9.85. The number of carboxylic acids is 1. The van der Waals surface area contributed by atoms with Crippen molar-refractivity contribution in [3.8, 4) is 45.4 Å². The molecular formula is C42H30ClN5O5. The van der Waals surface area contributed by atoms with Gasteiger partial charge in [0.25, 0.3) is 5.91 Å². The highest BCUT2D eigenvalue weighted by Crippen LogP contribution is 2.45.